The Morgan fingerprint density at radius 1 is 1.53 bits per heavy atom. The van der Waals surface area contributed by atoms with Crippen molar-refractivity contribution in [2.45, 2.75) is 0 Å². The maximum absolute atomic E-state index is 11.7. The van der Waals surface area contributed by atoms with Crippen molar-refractivity contribution in [1.82, 2.24) is 15.2 Å². The van der Waals surface area contributed by atoms with Crippen molar-refractivity contribution >= 4 is 11.7 Å². The van der Waals surface area contributed by atoms with Crippen molar-refractivity contribution in [3.63, 3.8) is 0 Å². The van der Waals surface area contributed by atoms with Crippen molar-refractivity contribution in [2.75, 3.05) is 38.0 Å². The predicted octanol–water partition coefficient (Wildman–Crippen LogP) is -0.369. The molecule has 6 nitrogen and oxygen atoms in total. The largest absolute Gasteiger partial charge is 0.504 e. The molecule has 0 saturated carbocycles. The van der Waals surface area contributed by atoms with Crippen LogP contribution in [-0.4, -0.2) is 53.6 Å². The molecule has 0 spiro atoms. The number of carbonyl (C=O) groups excluding carboxylic acids is 1. The molecule has 1 amide bonds. The summed E-state index contributed by atoms with van der Waals surface area (Å²) in [5.41, 5.74) is 0. The number of nitrogens with zero attached hydrogens (tertiary/aromatic N) is 2. The predicted molar refractivity (Wildman–Crippen MR) is 63.8 cm³/mol. The first-order valence-electron chi connectivity index (χ1n) is 5.62. The van der Waals surface area contributed by atoms with E-state index in [1.165, 1.54) is 12.3 Å². The Morgan fingerprint density at radius 2 is 2.29 bits per heavy atom. The van der Waals surface area contributed by atoms with Gasteiger partial charge < -0.3 is 15.7 Å². The first kappa shape index (κ1) is 11.8. The van der Waals surface area contributed by atoms with Crippen LogP contribution in [0.5, 0.6) is 5.75 Å². The fourth-order valence-electron chi connectivity index (χ4n) is 1.74. The van der Waals surface area contributed by atoms with Crippen LogP contribution in [0, 0.1) is 0 Å². The maximum atomic E-state index is 11.7. The molecule has 3 N–H and O–H groups in total. The second kappa shape index (κ2) is 5.60. The van der Waals surface area contributed by atoms with Gasteiger partial charge in [0.15, 0.2) is 11.6 Å². The molecule has 2 heterocycles. The molecule has 2 rings (SSSR count). The van der Waals surface area contributed by atoms with E-state index in [2.05, 4.69) is 20.5 Å². The average molecular weight is 236 g/mol. The van der Waals surface area contributed by atoms with Crippen molar-refractivity contribution in [3.05, 3.63) is 18.3 Å². The van der Waals surface area contributed by atoms with Gasteiger partial charge in [-0.25, -0.2) is 4.98 Å². The van der Waals surface area contributed by atoms with Crippen LogP contribution < -0.4 is 10.6 Å². The Balaban J connectivity index is 1.86. The van der Waals surface area contributed by atoms with E-state index in [9.17, 15) is 9.90 Å². The molecule has 1 saturated heterocycles. The van der Waals surface area contributed by atoms with Gasteiger partial charge in [-0.1, -0.05) is 0 Å². The molecule has 0 bridgehead atoms. The minimum Gasteiger partial charge on any atom is -0.504 e. The van der Waals surface area contributed by atoms with Gasteiger partial charge in [0.2, 0.25) is 5.91 Å². The maximum Gasteiger partial charge on any atom is 0.239 e. The number of hydrogen-bond donors (Lipinski definition) is 3. The van der Waals surface area contributed by atoms with E-state index in [4.69, 9.17) is 0 Å². The van der Waals surface area contributed by atoms with Crippen molar-refractivity contribution in [1.29, 1.82) is 0 Å². The van der Waals surface area contributed by atoms with Crippen molar-refractivity contribution < 1.29 is 9.90 Å². The average Bonchev–Trinajstić information content (AvgIpc) is 2.33. The number of amides is 1. The lowest BCUT2D eigenvalue weighted by atomic mass is 10.3. The van der Waals surface area contributed by atoms with Gasteiger partial charge in [-0.05, 0) is 12.1 Å². The standard InChI is InChI=1S/C11H16N4O2/c16-9-2-1-3-13-11(9)14-10(17)8-15-6-4-12-5-7-15/h1-3,12,16H,4-8H2,(H,13,14,17). The third-order valence-corrected chi connectivity index (χ3v) is 2.62. The quantitative estimate of drug-likeness (QED) is 0.667. The highest BCUT2D eigenvalue weighted by Crippen LogP contribution is 2.17. The fourth-order valence-corrected chi connectivity index (χ4v) is 1.74. The SMILES string of the molecule is O=C(CN1CCNCC1)Nc1ncccc1O. The molecule has 1 aromatic rings. The Labute approximate surface area is 99.7 Å². The summed E-state index contributed by atoms with van der Waals surface area (Å²) in [6.45, 7) is 3.87. The lowest BCUT2D eigenvalue weighted by Gasteiger charge is -2.26. The zero-order valence-electron chi connectivity index (χ0n) is 9.52. The molecular formula is C11H16N4O2. The first-order chi connectivity index (χ1) is 8.25. The van der Waals surface area contributed by atoms with Gasteiger partial charge in [0.05, 0.1) is 6.54 Å². The highest BCUT2D eigenvalue weighted by molar-refractivity contribution is 5.92. The van der Waals surface area contributed by atoms with Crippen molar-refractivity contribution in [3.8, 4) is 5.75 Å². The Bertz CT molecular complexity index is 391. The topological polar surface area (TPSA) is 77.5 Å². The van der Waals surface area contributed by atoms with Crippen LogP contribution in [0.1, 0.15) is 0 Å². The molecule has 1 fully saturated rings. The van der Waals surface area contributed by atoms with Gasteiger partial charge in [0, 0.05) is 32.4 Å². The van der Waals surface area contributed by atoms with Gasteiger partial charge in [-0.15, -0.1) is 0 Å². The third-order valence-electron chi connectivity index (χ3n) is 2.62. The Hall–Kier alpha value is -1.66. The highest BCUT2D eigenvalue weighted by Gasteiger charge is 2.14. The molecule has 0 unspecified atom stereocenters. The number of nitrogens with one attached hydrogen (secondary N) is 2. The molecular weight excluding hydrogens is 220 g/mol. The van der Waals surface area contributed by atoms with E-state index in [-0.39, 0.29) is 17.5 Å². The molecule has 1 aliphatic rings. The van der Waals surface area contributed by atoms with Crippen LogP contribution in [0.25, 0.3) is 0 Å². The monoisotopic (exact) mass is 236 g/mol. The van der Waals surface area contributed by atoms with E-state index in [0.717, 1.165) is 26.2 Å². The molecule has 1 aromatic heterocycles. The highest BCUT2D eigenvalue weighted by atomic mass is 16.3. The summed E-state index contributed by atoms with van der Waals surface area (Å²) in [6.07, 6.45) is 1.53. The minimum atomic E-state index is -0.152. The number of rotatable bonds is 3. The van der Waals surface area contributed by atoms with Gasteiger partial charge >= 0.3 is 0 Å². The molecule has 6 heteroatoms. The van der Waals surface area contributed by atoms with E-state index in [1.807, 2.05) is 0 Å². The summed E-state index contributed by atoms with van der Waals surface area (Å²) < 4.78 is 0. The summed E-state index contributed by atoms with van der Waals surface area (Å²) in [7, 11) is 0. The van der Waals surface area contributed by atoms with Crippen LogP contribution in [0.3, 0.4) is 0 Å². The normalized spacial score (nSPS) is 16.7. The van der Waals surface area contributed by atoms with Crippen LogP contribution in [0.15, 0.2) is 18.3 Å². The van der Waals surface area contributed by atoms with Gasteiger partial charge in [0.25, 0.3) is 0 Å². The number of piperazine rings is 1. The summed E-state index contributed by atoms with van der Waals surface area (Å²) in [4.78, 5) is 17.7. The number of aromatic nitrogens is 1. The van der Waals surface area contributed by atoms with Gasteiger partial charge in [-0.3, -0.25) is 9.69 Å². The minimum absolute atomic E-state index is 0.0128. The number of anilines is 1. The summed E-state index contributed by atoms with van der Waals surface area (Å²) in [5.74, 6) is 0.0506. The zero-order chi connectivity index (χ0) is 12.1. The molecule has 17 heavy (non-hydrogen) atoms. The number of pyridine rings is 1. The van der Waals surface area contributed by atoms with Crippen LogP contribution in [-0.2, 0) is 4.79 Å². The van der Waals surface area contributed by atoms with E-state index in [1.54, 1.807) is 6.07 Å². The molecule has 0 aliphatic carbocycles. The number of aromatic hydroxyl groups is 1. The second-order valence-corrected chi connectivity index (χ2v) is 3.95. The van der Waals surface area contributed by atoms with Gasteiger partial charge in [0.1, 0.15) is 0 Å². The molecule has 1 aliphatic heterocycles. The van der Waals surface area contributed by atoms with E-state index in [0.29, 0.717) is 6.54 Å². The lowest BCUT2D eigenvalue weighted by molar-refractivity contribution is -0.117. The van der Waals surface area contributed by atoms with Crippen LogP contribution >= 0.6 is 0 Å². The molecule has 0 atom stereocenters. The van der Waals surface area contributed by atoms with E-state index < -0.39 is 0 Å². The molecule has 0 aromatic carbocycles. The summed E-state index contributed by atoms with van der Waals surface area (Å²) in [6, 6.07) is 3.11. The first-order valence-corrected chi connectivity index (χ1v) is 5.62. The second-order valence-electron chi connectivity index (χ2n) is 3.95. The fraction of sp³-hybridized carbons (Fsp3) is 0.455. The number of carbonyl (C=O) groups is 1. The van der Waals surface area contributed by atoms with Crippen LogP contribution in [0.4, 0.5) is 5.82 Å². The van der Waals surface area contributed by atoms with Gasteiger partial charge in [-0.2, -0.15) is 0 Å². The number of hydrogen-bond acceptors (Lipinski definition) is 5. The summed E-state index contributed by atoms with van der Waals surface area (Å²) >= 11 is 0. The van der Waals surface area contributed by atoms with Crippen LogP contribution in [0.2, 0.25) is 0 Å². The van der Waals surface area contributed by atoms with Crippen molar-refractivity contribution in [2.24, 2.45) is 0 Å². The summed E-state index contributed by atoms with van der Waals surface area (Å²) in [5, 5.41) is 15.3. The Kier molecular flexibility index (Phi) is 3.89. The smallest absolute Gasteiger partial charge is 0.239 e. The third kappa shape index (κ3) is 3.40. The zero-order valence-corrected chi connectivity index (χ0v) is 9.52. The molecule has 92 valence electrons. The molecule has 0 radical (unpaired) electrons. The lowest BCUT2D eigenvalue weighted by Crippen LogP contribution is -2.46. The van der Waals surface area contributed by atoms with E-state index >= 15 is 0 Å². The Morgan fingerprint density at radius 3 is 3.00 bits per heavy atom.